The van der Waals surface area contributed by atoms with Gasteiger partial charge in [-0.25, -0.2) is 0 Å². The Bertz CT molecular complexity index is 379. The molecule has 1 aliphatic heterocycles. The number of likely N-dealkylation sites (tertiary alicyclic amines) is 1. The predicted molar refractivity (Wildman–Crippen MR) is 93.8 cm³/mol. The maximum Gasteiger partial charge on any atom is 0.0320 e. The van der Waals surface area contributed by atoms with Crippen molar-refractivity contribution in [1.29, 1.82) is 0 Å². The van der Waals surface area contributed by atoms with E-state index in [9.17, 15) is 0 Å². The van der Waals surface area contributed by atoms with Gasteiger partial charge in [-0.1, -0.05) is 43.7 Å². The van der Waals surface area contributed by atoms with Gasteiger partial charge in [-0.3, -0.25) is 4.90 Å². The van der Waals surface area contributed by atoms with Crippen molar-refractivity contribution in [3.05, 3.63) is 35.4 Å². The maximum atomic E-state index is 2.60. The Hall–Kier alpha value is -0.860. The molecule has 0 radical (unpaired) electrons. The summed E-state index contributed by atoms with van der Waals surface area (Å²) in [5, 5.41) is 0. The average molecular weight is 290 g/mol. The SMILES string of the molecule is CC.Cc1ccc(C(C)N(C)C(C)CN2CCCC2)cc1. The third-order valence-electron chi connectivity index (χ3n) is 4.59. The van der Waals surface area contributed by atoms with E-state index in [0.717, 1.165) is 0 Å². The van der Waals surface area contributed by atoms with Crippen molar-refractivity contribution >= 4 is 0 Å². The topological polar surface area (TPSA) is 6.48 Å². The third-order valence-corrected chi connectivity index (χ3v) is 4.59. The van der Waals surface area contributed by atoms with E-state index in [1.165, 1.54) is 43.6 Å². The van der Waals surface area contributed by atoms with E-state index in [2.05, 4.69) is 61.9 Å². The first kappa shape index (κ1) is 18.2. The molecule has 0 saturated carbocycles. The van der Waals surface area contributed by atoms with Gasteiger partial charge in [-0.05, 0) is 59.3 Å². The van der Waals surface area contributed by atoms with E-state index in [-0.39, 0.29) is 0 Å². The van der Waals surface area contributed by atoms with Crippen molar-refractivity contribution in [2.75, 3.05) is 26.7 Å². The summed E-state index contributed by atoms with van der Waals surface area (Å²) >= 11 is 0. The van der Waals surface area contributed by atoms with Crippen molar-refractivity contribution in [3.8, 4) is 0 Å². The quantitative estimate of drug-likeness (QED) is 0.788. The molecule has 2 rings (SSSR count). The zero-order chi connectivity index (χ0) is 15.8. The van der Waals surface area contributed by atoms with Crippen molar-refractivity contribution in [2.24, 2.45) is 0 Å². The van der Waals surface area contributed by atoms with Crippen LogP contribution in [0.2, 0.25) is 0 Å². The summed E-state index contributed by atoms with van der Waals surface area (Å²) in [5.41, 5.74) is 2.75. The molecule has 1 fully saturated rings. The fourth-order valence-electron chi connectivity index (χ4n) is 2.93. The molecule has 1 heterocycles. The Labute approximate surface area is 132 Å². The number of hydrogen-bond donors (Lipinski definition) is 0. The van der Waals surface area contributed by atoms with E-state index < -0.39 is 0 Å². The summed E-state index contributed by atoms with van der Waals surface area (Å²) < 4.78 is 0. The molecule has 2 atom stereocenters. The van der Waals surface area contributed by atoms with Gasteiger partial charge in [0.2, 0.25) is 0 Å². The highest BCUT2D eigenvalue weighted by Gasteiger charge is 2.21. The molecule has 1 aliphatic rings. The number of aryl methyl sites for hydroxylation is 1. The first-order valence-electron chi connectivity index (χ1n) is 8.59. The molecule has 0 spiro atoms. The lowest BCUT2D eigenvalue weighted by Gasteiger charge is -2.33. The Balaban J connectivity index is 0.00000106. The van der Waals surface area contributed by atoms with Crippen LogP contribution >= 0.6 is 0 Å². The van der Waals surface area contributed by atoms with Gasteiger partial charge in [0.1, 0.15) is 0 Å². The predicted octanol–water partition coefficient (Wildman–Crippen LogP) is 4.50. The molecular formula is C19H34N2. The lowest BCUT2D eigenvalue weighted by molar-refractivity contribution is 0.153. The van der Waals surface area contributed by atoms with E-state index >= 15 is 0 Å². The highest BCUT2D eigenvalue weighted by Crippen LogP contribution is 2.22. The molecule has 2 unspecified atom stereocenters. The Kier molecular flexibility index (Phi) is 7.98. The average Bonchev–Trinajstić information content (AvgIpc) is 3.01. The van der Waals surface area contributed by atoms with Crippen LogP contribution in [0.5, 0.6) is 0 Å². The van der Waals surface area contributed by atoms with Crippen LogP contribution in [0, 0.1) is 6.92 Å². The summed E-state index contributed by atoms with van der Waals surface area (Å²) in [7, 11) is 2.26. The number of hydrogen-bond acceptors (Lipinski definition) is 2. The smallest absolute Gasteiger partial charge is 0.0320 e. The number of likely N-dealkylation sites (N-methyl/N-ethyl adjacent to an activating group) is 1. The second kappa shape index (κ2) is 9.22. The molecule has 1 aromatic carbocycles. The fraction of sp³-hybridized carbons (Fsp3) is 0.684. The molecule has 0 bridgehead atoms. The zero-order valence-corrected chi connectivity index (χ0v) is 14.9. The molecule has 1 aromatic rings. The Morgan fingerprint density at radius 3 is 2.10 bits per heavy atom. The molecule has 21 heavy (non-hydrogen) atoms. The Morgan fingerprint density at radius 1 is 1.05 bits per heavy atom. The molecule has 120 valence electrons. The number of nitrogens with zero attached hydrogens (tertiary/aromatic N) is 2. The standard InChI is InChI=1S/C17H28N2.C2H6/c1-14-7-9-17(10-8-14)16(3)18(4)15(2)13-19-11-5-6-12-19;1-2/h7-10,15-16H,5-6,11-13H2,1-4H3;1-2H3. The van der Waals surface area contributed by atoms with Crippen LogP contribution < -0.4 is 0 Å². The second-order valence-electron chi connectivity index (χ2n) is 6.11. The number of benzene rings is 1. The van der Waals surface area contributed by atoms with E-state index in [1.807, 2.05) is 13.8 Å². The van der Waals surface area contributed by atoms with Gasteiger partial charge in [-0.2, -0.15) is 0 Å². The zero-order valence-electron chi connectivity index (χ0n) is 14.9. The first-order valence-corrected chi connectivity index (χ1v) is 8.59. The van der Waals surface area contributed by atoms with Crippen LogP contribution in [-0.2, 0) is 0 Å². The molecule has 2 heteroatoms. The van der Waals surface area contributed by atoms with Crippen molar-refractivity contribution in [3.63, 3.8) is 0 Å². The molecule has 2 nitrogen and oxygen atoms in total. The molecular weight excluding hydrogens is 256 g/mol. The minimum atomic E-state index is 0.484. The van der Waals surface area contributed by atoms with Crippen LogP contribution in [0.25, 0.3) is 0 Å². The van der Waals surface area contributed by atoms with E-state index in [1.54, 1.807) is 0 Å². The van der Waals surface area contributed by atoms with Gasteiger partial charge < -0.3 is 4.90 Å². The normalized spacial score (nSPS) is 18.2. The summed E-state index contributed by atoms with van der Waals surface area (Å²) in [6.45, 7) is 14.6. The highest BCUT2D eigenvalue weighted by atomic mass is 15.2. The van der Waals surface area contributed by atoms with Crippen LogP contribution in [0.3, 0.4) is 0 Å². The van der Waals surface area contributed by atoms with E-state index in [0.29, 0.717) is 12.1 Å². The van der Waals surface area contributed by atoms with Gasteiger partial charge >= 0.3 is 0 Å². The monoisotopic (exact) mass is 290 g/mol. The van der Waals surface area contributed by atoms with Crippen LogP contribution in [-0.4, -0.2) is 42.5 Å². The summed E-state index contributed by atoms with van der Waals surface area (Å²) in [6, 6.07) is 10.0. The maximum absolute atomic E-state index is 2.60. The van der Waals surface area contributed by atoms with Crippen molar-refractivity contribution in [1.82, 2.24) is 9.80 Å². The first-order chi connectivity index (χ1) is 10.1. The van der Waals surface area contributed by atoms with Gasteiger partial charge in [0, 0.05) is 18.6 Å². The molecule has 1 saturated heterocycles. The summed E-state index contributed by atoms with van der Waals surface area (Å²) in [4.78, 5) is 5.10. The molecule has 0 aliphatic carbocycles. The summed E-state index contributed by atoms with van der Waals surface area (Å²) in [5.74, 6) is 0. The van der Waals surface area contributed by atoms with Crippen LogP contribution in [0.1, 0.15) is 57.7 Å². The number of rotatable bonds is 5. The van der Waals surface area contributed by atoms with Crippen LogP contribution in [0.4, 0.5) is 0 Å². The summed E-state index contributed by atoms with van der Waals surface area (Å²) in [6.07, 6.45) is 2.76. The largest absolute Gasteiger partial charge is 0.302 e. The van der Waals surface area contributed by atoms with Gasteiger partial charge in [-0.15, -0.1) is 0 Å². The second-order valence-corrected chi connectivity index (χ2v) is 6.11. The van der Waals surface area contributed by atoms with Gasteiger partial charge in [0.25, 0.3) is 0 Å². The minimum Gasteiger partial charge on any atom is -0.302 e. The fourth-order valence-corrected chi connectivity index (χ4v) is 2.93. The third kappa shape index (κ3) is 5.44. The van der Waals surface area contributed by atoms with Crippen molar-refractivity contribution in [2.45, 2.75) is 59.5 Å². The van der Waals surface area contributed by atoms with Gasteiger partial charge in [0.15, 0.2) is 0 Å². The molecule has 0 N–H and O–H groups in total. The van der Waals surface area contributed by atoms with Crippen molar-refractivity contribution < 1.29 is 0 Å². The van der Waals surface area contributed by atoms with E-state index in [4.69, 9.17) is 0 Å². The highest BCUT2D eigenvalue weighted by molar-refractivity contribution is 5.23. The minimum absolute atomic E-state index is 0.484. The Morgan fingerprint density at radius 2 is 1.57 bits per heavy atom. The lowest BCUT2D eigenvalue weighted by Crippen LogP contribution is -2.40. The lowest BCUT2D eigenvalue weighted by atomic mass is 10.0. The molecule has 0 amide bonds. The van der Waals surface area contributed by atoms with Crippen LogP contribution in [0.15, 0.2) is 24.3 Å². The van der Waals surface area contributed by atoms with Gasteiger partial charge in [0.05, 0.1) is 0 Å². The molecule has 0 aromatic heterocycles.